The van der Waals surface area contributed by atoms with E-state index < -0.39 is 5.41 Å². The fraction of sp³-hybridized carbons (Fsp3) is 0.364. The van der Waals surface area contributed by atoms with Crippen LogP contribution in [0.3, 0.4) is 0 Å². The minimum atomic E-state index is -0.979. The van der Waals surface area contributed by atoms with Gasteiger partial charge in [-0.2, -0.15) is 0 Å². The number of hydrogen-bond acceptors (Lipinski definition) is 4. The molecule has 1 saturated carbocycles. The lowest BCUT2D eigenvalue weighted by Crippen LogP contribution is -2.39. The number of hydrogen-bond donors (Lipinski definition) is 2. The second-order valence-electron chi connectivity index (χ2n) is 7.23. The van der Waals surface area contributed by atoms with Crippen LogP contribution in [0.2, 0.25) is 0 Å². The van der Waals surface area contributed by atoms with Crippen molar-refractivity contribution in [2.45, 2.75) is 33.2 Å². The topological polar surface area (TPSA) is 76.7 Å². The Morgan fingerprint density at radius 2 is 1.68 bits per heavy atom. The van der Waals surface area contributed by atoms with Crippen LogP contribution in [0.25, 0.3) is 0 Å². The summed E-state index contributed by atoms with van der Waals surface area (Å²) in [6.45, 7) is 4.22. The highest BCUT2D eigenvalue weighted by Crippen LogP contribution is 2.47. The van der Waals surface area contributed by atoms with Crippen molar-refractivity contribution < 1.29 is 19.1 Å². The second-order valence-corrected chi connectivity index (χ2v) is 7.23. The molecule has 0 atom stereocenters. The number of ether oxygens (including phenoxy) is 2. The summed E-state index contributed by atoms with van der Waals surface area (Å²) in [5, 5.41) is 5.82. The van der Waals surface area contributed by atoms with Crippen LogP contribution in [0.15, 0.2) is 36.4 Å². The SMILES string of the molecule is COc1ccc(CNC(=O)C2(C(=O)Nc3cc(C)ccc3C)CC2)cc1OC. The lowest BCUT2D eigenvalue weighted by Gasteiger charge is -2.17. The first kappa shape index (κ1) is 19.7. The third kappa shape index (κ3) is 3.96. The quantitative estimate of drug-likeness (QED) is 0.720. The van der Waals surface area contributed by atoms with Crippen molar-refractivity contribution in [3.05, 3.63) is 53.1 Å². The molecular weight excluding hydrogens is 356 g/mol. The average molecular weight is 382 g/mol. The van der Waals surface area contributed by atoms with Gasteiger partial charge in [0.15, 0.2) is 11.5 Å². The zero-order valence-corrected chi connectivity index (χ0v) is 16.7. The average Bonchev–Trinajstić information content (AvgIpc) is 3.50. The van der Waals surface area contributed by atoms with Crippen LogP contribution in [-0.4, -0.2) is 26.0 Å². The highest BCUT2D eigenvalue weighted by Gasteiger charge is 2.56. The number of carbonyl (C=O) groups excluding carboxylic acids is 2. The number of carbonyl (C=O) groups is 2. The van der Waals surface area contributed by atoms with Crippen molar-refractivity contribution in [3.8, 4) is 11.5 Å². The maximum absolute atomic E-state index is 12.8. The Hall–Kier alpha value is -3.02. The normalized spacial score (nSPS) is 14.1. The van der Waals surface area contributed by atoms with E-state index in [1.165, 1.54) is 0 Å². The van der Waals surface area contributed by atoms with E-state index in [2.05, 4.69) is 10.6 Å². The van der Waals surface area contributed by atoms with Gasteiger partial charge in [-0.3, -0.25) is 9.59 Å². The van der Waals surface area contributed by atoms with Gasteiger partial charge in [0, 0.05) is 12.2 Å². The molecule has 6 heteroatoms. The molecule has 0 spiro atoms. The third-order valence-electron chi connectivity index (χ3n) is 5.16. The minimum Gasteiger partial charge on any atom is -0.493 e. The first-order valence-corrected chi connectivity index (χ1v) is 9.27. The lowest BCUT2D eigenvalue weighted by atomic mass is 10.0. The Labute approximate surface area is 165 Å². The largest absolute Gasteiger partial charge is 0.493 e. The number of methoxy groups -OCH3 is 2. The minimum absolute atomic E-state index is 0.244. The highest BCUT2D eigenvalue weighted by atomic mass is 16.5. The van der Waals surface area contributed by atoms with Crippen LogP contribution in [0.4, 0.5) is 5.69 Å². The molecular formula is C22H26N2O4. The highest BCUT2D eigenvalue weighted by molar-refractivity contribution is 6.13. The molecule has 2 aromatic carbocycles. The Kier molecular flexibility index (Phi) is 5.58. The molecule has 2 aromatic rings. The van der Waals surface area contributed by atoms with Crippen LogP contribution in [0.1, 0.15) is 29.5 Å². The maximum Gasteiger partial charge on any atom is 0.240 e. The van der Waals surface area contributed by atoms with E-state index in [4.69, 9.17) is 9.47 Å². The van der Waals surface area contributed by atoms with Gasteiger partial charge < -0.3 is 20.1 Å². The van der Waals surface area contributed by atoms with Gasteiger partial charge in [0.05, 0.1) is 14.2 Å². The lowest BCUT2D eigenvalue weighted by molar-refractivity contribution is -0.134. The third-order valence-corrected chi connectivity index (χ3v) is 5.16. The number of rotatable bonds is 7. The van der Waals surface area contributed by atoms with Crippen molar-refractivity contribution in [2.24, 2.45) is 5.41 Å². The number of amides is 2. The summed E-state index contributed by atoms with van der Waals surface area (Å²) in [4.78, 5) is 25.5. The Bertz CT molecular complexity index is 903. The van der Waals surface area contributed by atoms with Gasteiger partial charge in [-0.25, -0.2) is 0 Å². The van der Waals surface area contributed by atoms with Crippen LogP contribution in [0, 0.1) is 19.3 Å². The molecule has 1 aliphatic rings. The summed E-state index contributed by atoms with van der Waals surface area (Å²) in [5.41, 5.74) is 2.68. The fourth-order valence-electron chi connectivity index (χ4n) is 3.14. The molecule has 0 bridgehead atoms. The Balaban J connectivity index is 1.65. The van der Waals surface area contributed by atoms with Gasteiger partial charge in [-0.15, -0.1) is 0 Å². The van der Waals surface area contributed by atoms with Gasteiger partial charge in [0.1, 0.15) is 5.41 Å². The summed E-state index contributed by atoms with van der Waals surface area (Å²) in [5.74, 6) is 0.739. The smallest absolute Gasteiger partial charge is 0.240 e. The van der Waals surface area contributed by atoms with Gasteiger partial charge >= 0.3 is 0 Å². The van der Waals surface area contributed by atoms with Crippen molar-refractivity contribution in [3.63, 3.8) is 0 Å². The van der Waals surface area contributed by atoms with E-state index in [0.29, 0.717) is 30.9 Å². The standard InChI is InChI=1S/C22H26N2O4/c1-14-5-6-15(2)17(11-14)24-21(26)22(9-10-22)20(25)23-13-16-7-8-18(27-3)19(12-16)28-4/h5-8,11-12H,9-10,13H2,1-4H3,(H,23,25)(H,24,26). The zero-order chi connectivity index (χ0) is 20.3. The first-order chi connectivity index (χ1) is 13.4. The van der Waals surface area contributed by atoms with Crippen molar-refractivity contribution >= 4 is 17.5 Å². The molecule has 0 heterocycles. The zero-order valence-electron chi connectivity index (χ0n) is 16.7. The molecule has 148 valence electrons. The molecule has 2 N–H and O–H groups in total. The van der Waals surface area contributed by atoms with Crippen LogP contribution < -0.4 is 20.1 Å². The first-order valence-electron chi connectivity index (χ1n) is 9.27. The van der Waals surface area contributed by atoms with E-state index in [-0.39, 0.29) is 11.8 Å². The summed E-state index contributed by atoms with van der Waals surface area (Å²) < 4.78 is 10.5. The van der Waals surface area contributed by atoms with Gasteiger partial charge in [0.25, 0.3) is 0 Å². The van der Waals surface area contributed by atoms with Crippen LogP contribution in [-0.2, 0) is 16.1 Å². The second kappa shape index (κ2) is 7.92. The molecule has 0 radical (unpaired) electrons. The predicted octanol–water partition coefficient (Wildman–Crippen LogP) is 3.36. The van der Waals surface area contributed by atoms with E-state index >= 15 is 0 Å². The maximum atomic E-state index is 12.8. The molecule has 2 amide bonds. The molecule has 3 rings (SSSR count). The summed E-state index contributed by atoms with van der Waals surface area (Å²) in [6, 6.07) is 11.3. The molecule has 0 unspecified atom stereocenters. The van der Waals surface area contributed by atoms with Crippen LogP contribution >= 0.6 is 0 Å². The van der Waals surface area contributed by atoms with Crippen molar-refractivity contribution in [1.82, 2.24) is 5.32 Å². The van der Waals surface area contributed by atoms with E-state index in [9.17, 15) is 9.59 Å². The molecule has 1 aliphatic carbocycles. The van der Waals surface area contributed by atoms with Gasteiger partial charge in [-0.1, -0.05) is 18.2 Å². The van der Waals surface area contributed by atoms with Crippen molar-refractivity contribution in [1.29, 1.82) is 0 Å². The van der Waals surface area contributed by atoms with Crippen LogP contribution in [0.5, 0.6) is 11.5 Å². The summed E-state index contributed by atoms with van der Waals surface area (Å²) in [6.07, 6.45) is 1.11. The summed E-state index contributed by atoms with van der Waals surface area (Å²) in [7, 11) is 3.14. The number of anilines is 1. The molecule has 1 fully saturated rings. The molecule has 0 aromatic heterocycles. The molecule has 0 aliphatic heterocycles. The monoisotopic (exact) mass is 382 g/mol. The predicted molar refractivity (Wildman–Crippen MR) is 108 cm³/mol. The van der Waals surface area contributed by atoms with Gasteiger partial charge in [0.2, 0.25) is 11.8 Å². The molecule has 28 heavy (non-hydrogen) atoms. The van der Waals surface area contributed by atoms with E-state index in [1.807, 2.05) is 44.2 Å². The fourth-order valence-corrected chi connectivity index (χ4v) is 3.14. The van der Waals surface area contributed by atoms with E-state index in [1.54, 1.807) is 20.3 Å². The molecule has 6 nitrogen and oxygen atoms in total. The van der Waals surface area contributed by atoms with Crippen molar-refractivity contribution in [2.75, 3.05) is 19.5 Å². The van der Waals surface area contributed by atoms with E-state index in [0.717, 1.165) is 22.4 Å². The Morgan fingerprint density at radius 3 is 2.32 bits per heavy atom. The Morgan fingerprint density at radius 1 is 0.964 bits per heavy atom. The number of nitrogens with one attached hydrogen (secondary N) is 2. The number of benzene rings is 2. The summed E-state index contributed by atoms with van der Waals surface area (Å²) >= 11 is 0. The number of aryl methyl sites for hydroxylation is 2. The molecule has 0 saturated heterocycles. The van der Waals surface area contributed by atoms with Gasteiger partial charge in [-0.05, 0) is 61.6 Å².